The molecule has 0 radical (unpaired) electrons. The van der Waals surface area contributed by atoms with E-state index in [4.69, 9.17) is 4.74 Å². The van der Waals surface area contributed by atoms with Crippen molar-refractivity contribution in [2.45, 2.75) is 67.3 Å². The first-order valence-corrected chi connectivity index (χ1v) is 13.8. The Morgan fingerprint density at radius 3 is 2.06 bits per heavy atom. The van der Waals surface area contributed by atoms with Crippen LogP contribution in [-0.2, 0) is 10.9 Å². The van der Waals surface area contributed by atoms with Gasteiger partial charge in [-0.05, 0) is 91.9 Å². The lowest BCUT2D eigenvalue weighted by atomic mass is 9.52. The molecular weight excluding hydrogens is 455 g/mol. The highest BCUT2D eigenvalue weighted by Crippen LogP contribution is 2.58. The minimum atomic E-state index is -4.41. The van der Waals surface area contributed by atoms with Crippen LogP contribution in [0.5, 0.6) is 0 Å². The Labute approximate surface area is 204 Å². The highest BCUT2D eigenvalue weighted by Gasteiger charge is 2.56. The summed E-state index contributed by atoms with van der Waals surface area (Å²) in [4.78, 5) is 3.70. The normalized spacial score (nSPS) is 32.1. The number of halogens is 3. The number of nitrogens with zero attached hydrogens (tertiary/aromatic N) is 1. The molecule has 2 aromatic carbocycles. The van der Waals surface area contributed by atoms with Crippen LogP contribution in [0.15, 0.2) is 53.4 Å². The van der Waals surface area contributed by atoms with Crippen LogP contribution in [-0.4, -0.2) is 35.9 Å². The topological polar surface area (TPSA) is 12.5 Å². The van der Waals surface area contributed by atoms with E-state index in [-0.39, 0.29) is 11.7 Å². The average molecular weight is 488 g/mol. The van der Waals surface area contributed by atoms with Gasteiger partial charge in [0, 0.05) is 23.5 Å². The van der Waals surface area contributed by atoms with E-state index in [0.29, 0.717) is 5.54 Å². The van der Waals surface area contributed by atoms with Crippen molar-refractivity contribution in [1.82, 2.24) is 4.90 Å². The summed E-state index contributed by atoms with van der Waals surface area (Å²) >= 11 is 1.62. The Balaban J connectivity index is 1.24. The summed E-state index contributed by atoms with van der Waals surface area (Å²) in [6.07, 6.45) is 4.97. The van der Waals surface area contributed by atoms with Crippen LogP contribution in [0.3, 0.4) is 0 Å². The van der Waals surface area contributed by atoms with Crippen LogP contribution in [0, 0.1) is 17.8 Å². The lowest BCUT2D eigenvalue weighted by Crippen LogP contribution is -2.68. The monoisotopic (exact) mass is 487 g/mol. The average Bonchev–Trinajstić information content (AvgIpc) is 2.77. The molecule has 6 heteroatoms. The van der Waals surface area contributed by atoms with Gasteiger partial charge in [0.25, 0.3) is 0 Å². The van der Waals surface area contributed by atoms with Crippen molar-refractivity contribution in [2.75, 3.05) is 19.3 Å². The molecule has 182 valence electrons. The van der Waals surface area contributed by atoms with Crippen molar-refractivity contribution in [3.05, 3.63) is 65.2 Å². The van der Waals surface area contributed by atoms with E-state index in [0.717, 1.165) is 41.3 Å². The Morgan fingerprint density at radius 2 is 1.50 bits per heavy atom. The van der Waals surface area contributed by atoms with Gasteiger partial charge in [-0.3, -0.25) is 4.90 Å². The molecule has 5 fully saturated rings. The van der Waals surface area contributed by atoms with Crippen molar-refractivity contribution in [3.63, 3.8) is 0 Å². The molecule has 0 N–H and O–H groups in total. The summed E-state index contributed by atoms with van der Waals surface area (Å²) in [6, 6.07) is 13.6. The number of hydrogen-bond acceptors (Lipinski definition) is 3. The quantitative estimate of drug-likeness (QED) is 0.400. The van der Waals surface area contributed by atoms with Crippen molar-refractivity contribution in [3.8, 4) is 0 Å². The molecule has 1 saturated heterocycles. The lowest BCUT2D eigenvalue weighted by molar-refractivity contribution is -0.170. The van der Waals surface area contributed by atoms with E-state index in [9.17, 15) is 13.2 Å². The van der Waals surface area contributed by atoms with Gasteiger partial charge in [-0.25, -0.2) is 0 Å². The molecule has 2 aromatic rings. The second-order valence-electron chi connectivity index (χ2n) is 11.0. The minimum Gasteiger partial charge on any atom is -0.363 e. The molecule has 2 nitrogen and oxygen atoms in total. The largest absolute Gasteiger partial charge is 0.416 e. The zero-order valence-electron chi connectivity index (χ0n) is 19.6. The van der Waals surface area contributed by atoms with Crippen molar-refractivity contribution in [2.24, 2.45) is 17.8 Å². The van der Waals surface area contributed by atoms with E-state index in [1.165, 1.54) is 50.7 Å². The van der Waals surface area contributed by atoms with Crippen LogP contribution >= 0.6 is 11.8 Å². The molecule has 4 aliphatic carbocycles. The predicted molar refractivity (Wildman–Crippen MR) is 129 cm³/mol. The Kier molecular flexibility index (Phi) is 5.78. The maximum absolute atomic E-state index is 13.9. The van der Waals surface area contributed by atoms with Gasteiger partial charge < -0.3 is 4.74 Å². The van der Waals surface area contributed by atoms with Crippen LogP contribution < -0.4 is 0 Å². The third-order valence-electron chi connectivity index (χ3n) is 8.82. The molecule has 0 amide bonds. The van der Waals surface area contributed by atoms with Crippen LogP contribution in [0.1, 0.15) is 61.3 Å². The second-order valence-corrected chi connectivity index (χ2v) is 11.9. The lowest BCUT2D eigenvalue weighted by Gasteiger charge is -2.63. The Morgan fingerprint density at radius 1 is 0.912 bits per heavy atom. The van der Waals surface area contributed by atoms with Gasteiger partial charge in [0.2, 0.25) is 0 Å². The van der Waals surface area contributed by atoms with Gasteiger partial charge >= 0.3 is 6.18 Å². The zero-order valence-corrected chi connectivity index (χ0v) is 20.4. The smallest absolute Gasteiger partial charge is 0.363 e. The van der Waals surface area contributed by atoms with Gasteiger partial charge in [-0.2, -0.15) is 13.2 Å². The molecule has 1 unspecified atom stereocenters. The van der Waals surface area contributed by atoms with E-state index >= 15 is 0 Å². The molecule has 4 saturated carbocycles. The number of ether oxygens (including phenoxy) is 1. The third-order valence-corrected chi connectivity index (χ3v) is 9.56. The van der Waals surface area contributed by atoms with Crippen LogP contribution in [0.25, 0.3) is 0 Å². The number of thioether (sulfide) groups is 1. The number of benzene rings is 2. The van der Waals surface area contributed by atoms with Gasteiger partial charge in [-0.15, -0.1) is 11.8 Å². The van der Waals surface area contributed by atoms with Crippen molar-refractivity contribution >= 4 is 11.8 Å². The zero-order chi connectivity index (χ0) is 23.5. The maximum atomic E-state index is 13.9. The summed E-state index contributed by atoms with van der Waals surface area (Å²) in [5.41, 5.74) is 0.711. The van der Waals surface area contributed by atoms with Crippen LogP contribution in [0.4, 0.5) is 13.2 Å². The standard InChI is InChI=1S/C28H32F3NOS/c1-34-23-8-6-21(7-9-23)26(24-4-2-3-5-25(24)28(29,30)31)33-22-16-32(17-22)27-13-18-10-19(14-27)12-20(11-18)15-27/h2-9,18-20,22,26H,10-17H2,1H3. The predicted octanol–water partition coefficient (Wildman–Crippen LogP) is 7.19. The molecule has 5 aliphatic rings. The highest BCUT2D eigenvalue weighted by atomic mass is 32.2. The first-order valence-electron chi connectivity index (χ1n) is 12.5. The van der Waals surface area contributed by atoms with Gasteiger partial charge in [-0.1, -0.05) is 30.3 Å². The van der Waals surface area contributed by atoms with Gasteiger partial charge in [0.05, 0.1) is 11.7 Å². The molecule has 1 atom stereocenters. The molecule has 0 aromatic heterocycles. The van der Waals surface area contributed by atoms with E-state index in [1.54, 1.807) is 23.9 Å². The van der Waals surface area contributed by atoms with Crippen molar-refractivity contribution in [1.29, 1.82) is 0 Å². The third kappa shape index (κ3) is 4.10. The molecule has 7 rings (SSSR count). The van der Waals surface area contributed by atoms with Gasteiger partial charge in [0.15, 0.2) is 0 Å². The molecule has 1 aliphatic heterocycles. The first kappa shape index (κ1) is 22.9. The summed E-state index contributed by atoms with van der Waals surface area (Å²) in [5.74, 6) is 2.65. The Hall–Kier alpha value is -1.50. The highest BCUT2D eigenvalue weighted by molar-refractivity contribution is 7.98. The SMILES string of the molecule is CSc1ccc(C(OC2CN(C34CC5CC(CC(C5)C3)C4)C2)c2ccccc2C(F)(F)F)cc1. The second kappa shape index (κ2) is 8.56. The molecule has 4 bridgehead atoms. The number of alkyl halides is 3. The summed E-state index contributed by atoms with van der Waals surface area (Å²) < 4.78 is 48.2. The van der Waals surface area contributed by atoms with Crippen LogP contribution in [0.2, 0.25) is 0 Å². The number of rotatable bonds is 6. The summed E-state index contributed by atoms with van der Waals surface area (Å²) in [5, 5.41) is 0. The first-order chi connectivity index (χ1) is 16.3. The molecular formula is C28H32F3NOS. The van der Waals surface area contributed by atoms with E-state index < -0.39 is 17.8 Å². The van der Waals surface area contributed by atoms with Crippen molar-refractivity contribution < 1.29 is 17.9 Å². The van der Waals surface area contributed by atoms with E-state index in [2.05, 4.69) is 4.90 Å². The van der Waals surface area contributed by atoms with Gasteiger partial charge in [0.1, 0.15) is 6.10 Å². The molecule has 34 heavy (non-hydrogen) atoms. The molecule has 1 heterocycles. The maximum Gasteiger partial charge on any atom is 0.416 e. The number of hydrogen-bond donors (Lipinski definition) is 0. The fourth-order valence-corrected chi connectivity index (χ4v) is 8.06. The Bertz CT molecular complexity index is 995. The fraction of sp³-hybridized carbons (Fsp3) is 0.571. The summed E-state index contributed by atoms with van der Waals surface area (Å²) in [6.45, 7) is 1.67. The fourth-order valence-electron chi connectivity index (χ4n) is 7.65. The molecule has 0 spiro atoms. The number of likely N-dealkylation sites (tertiary alicyclic amines) is 1. The minimum absolute atomic E-state index is 0.0421. The van der Waals surface area contributed by atoms with E-state index in [1.807, 2.05) is 30.5 Å². The summed E-state index contributed by atoms with van der Waals surface area (Å²) in [7, 11) is 0.